The van der Waals surface area contributed by atoms with E-state index in [4.69, 9.17) is 0 Å². The Balaban J connectivity index is 1.79. The summed E-state index contributed by atoms with van der Waals surface area (Å²) in [6.45, 7) is 13.2. The van der Waals surface area contributed by atoms with Gasteiger partial charge in [-0.15, -0.1) is 0 Å². The number of likely N-dealkylation sites (tertiary alicyclic amines) is 2. The second kappa shape index (κ2) is 6.88. The van der Waals surface area contributed by atoms with Crippen LogP contribution in [0.5, 0.6) is 0 Å². The molecule has 106 valence electrons. The molecule has 3 atom stereocenters. The number of piperidine rings is 1. The van der Waals surface area contributed by atoms with Gasteiger partial charge < -0.3 is 5.32 Å². The van der Waals surface area contributed by atoms with Crippen LogP contribution in [0.15, 0.2) is 0 Å². The molecule has 0 aromatic heterocycles. The Morgan fingerprint density at radius 2 is 1.83 bits per heavy atom. The van der Waals surface area contributed by atoms with Crippen LogP contribution < -0.4 is 5.32 Å². The van der Waals surface area contributed by atoms with Crippen LogP contribution in [0.3, 0.4) is 0 Å². The van der Waals surface area contributed by atoms with Crippen LogP contribution in [-0.2, 0) is 0 Å². The maximum atomic E-state index is 3.56. The van der Waals surface area contributed by atoms with Gasteiger partial charge in [-0.25, -0.2) is 0 Å². The third-order valence-electron chi connectivity index (χ3n) is 4.93. The van der Waals surface area contributed by atoms with E-state index < -0.39 is 0 Å². The normalized spacial score (nSPS) is 30.5. The molecule has 0 amide bonds. The first kappa shape index (κ1) is 14.3. The minimum absolute atomic E-state index is 0.607. The number of hydrogen-bond acceptors (Lipinski definition) is 3. The van der Waals surface area contributed by atoms with E-state index in [0.717, 1.165) is 12.6 Å². The van der Waals surface area contributed by atoms with E-state index in [1.54, 1.807) is 0 Å². The first-order valence-electron chi connectivity index (χ1n) is 7.94. The molecular weight excluding hydrogens is 222 g/mol. The molecule has 2 rings (SSSR count). The van der Waals surface area contributed by atoms with Gasteiger partial charge in [-0.1, -0.05) is 13.3 Å². The summed E-state index contributed by atoms with van der Waals surface area (Å²) in [5.41, 5.74) is 0. The lowest BCUT2D eigenvalue weighted by atomic mass is 10.1. The average molecular weight is 253 g/mol. The van der Waals surface area contributed by atoms with E-state index in [0.29, 0.717) is 12.1 Å². The highest BCUT2D eigenvalue weighted by Crippen LogP contribution is 2.22. The molecule has 0 radical (unpaired) electrons. The Bertz CT molecular complexity index is 238. The Hall–Kier alpha value is -0.120. The fraction of sp³-hybridized carbons (Fsp3) is 1.00. The van der Waals surface area contributed by atoms with Crippen molar-refractivity contribution in [2.45, 2.75) is 64.6 Å². The van der Waals surface area contributed by atoms with Gasteiger partial charge in [-0.3, -0.25) is 9.80 Å². The molecule has 2 aliphatic heterocycles. The molecule has 18 heavy (non-hydrogen) atoms. The molecule has 0 saturated carbocycles. The molecule has 1 N–H and O–H groups in total. The quantitative estimate of drug-likeness (QED) is 0.808. The maximum Gasteiger partial charge on any atom is 0.0235 e. The lowest BCUT2D eigenvalue weighted by Crippen LogP contribution is -2.47. The summed E-state index contributed by atoms with van der Waals surface area (Å²) in [7, 11) is 0. The van der Waals surface area contributed by atoms with Crippen LogP contribution in [-0.4, -0.2) is 60.6 Å². The van der Waals surface area contributed by atoms with Crippen LogP contribution in [0, 0.1) is 0 Å². The summed E-state index contributed by atoms with van der Waals surface area (Å²) in [5.74, 6) is 0. The molecule has 2 heterocycles. The first-order valence-corrected chi connectivity index (χ1v) is 7.94. The summed E-state index contributed by atoms with van der Waals surface area (Å²) in [6.07, 6.45) is 5.66. The highest BCUT2D eigenvalue weighted by atomic mass is 15.3. The number of nitrogens with zero attached hydrogens (tertiary/aromatic N) is 2. The van der Waals surface area contributed by atoms with Crippen molar-refractivity contribution in [2.24, 2.45) is 0 Å². The van der Waals surface area contributed by atoms with Gasteiger partial charge >= 0.3 is 0 Å². The minimum Gasteiger partial charge on any atom is -0.313 e. The largest absolute Gasteiger partial charge is 0.313 e. The summed E-state index contributed by atoms with van der Waals surface area (Å²) < 4.78 is 0. The third kappa shape index (κ3) is 3.46. The van der Waals surface area contributed by atoms with Crippen molar-refractivity contribution in [3.63, 3.8) is 0 Å². The molecular formula is C15H31N3. The number of likely N-dealkylation sites (N-methyl/N-ethyl adjacent to an activating group) is 1. The van der Waals surface area contributed by atoms with Crippen LogP contribution in [0.2, 0.25) is 0 Å². The van der Waals surface area contributed by atoms with E-state index in [-0.39, 0.29) is 0 Å². The topological polar surface area (TPSA) is 18.5 Å². The van der Waals surface area contributed by atoms with Crippen LogP contribution in [0.4, 0.5) is 0 Å². The Labute approximate surface area is 113 Å². The van der Waals surface area contributed by atoms with Gasteiger partial charge in [0.15, 0.2) is 0 Å². The molecule has 0 aromatic carbocycles. The van der Waals surface area contributed by atoms with Crippen molar-refractivity contribution in [3.05, 3.63) is 0 Å². The Morgan fingerprint density at radius 1 is 1.11 bits per heavy atom. The van der Waals surface area contributed by atoms with E-state index in [1.807, 2.05) is 0 Å². The van der Waals surface area contributed by atoms with Gasteiger partial charge in [0.1, 0.15) is 0 Å². The molecule has 0 bridgehead atoms. The summed E-state index contributed by atoms with van der Waals surface area (Å²) in [4.78, 5) is 5.43. The molecule has 0 aliphatic carbocycles. The predicted octanol–water partition coefficient (Wildman–Crippen LogP) is 1.93. The monoisotopic (exact) mass is 253 g/mol. The average Bonchev–Trinajstić information content (AvgIpc) is 2.89. The zero-order valence-corrected chi connectivity index (χ0v) is 12.5. The van der Waals surface area contributed by atoms with Gasteiger partial charge in [0.2, 0.25) is 0 Å². The fourth-order valence-corrected chi connectivity index (χ4v) is 3.53. The van der Waals surface area contributed by atoms with E-state index >= 15 is 0 Å². The Kier molecular flexibility index (Phi) is 5.46. The standard InChI is InChI=1S/C15H31N3/c1-4-16-13(2)14(3)18-11-8-15(12-18)17-9-6-5-7-10-17/h13-16H,4-12H2,1-3H3. The molecule has 2 fully saturated rings. The molecule has 2 aliphatic rings. The smallest absolute Gasteiger partial charge is 0.0235 e. The zero-order chi connectivity index (χ0) is 13.0. The minimum atomic E-state index is 0.607. The molecule has 3 nitrogen and oxygen atoms in total. The number of rotatable bonds is 5. The van der Waals surface area contributed by atoms with Crippen molar-refractivity contribution in [2.75, 3.05) is 32.7 Å². The molecule has 2 saturated heterocycles. The van der Waals surface area contributed by atoms with Gasteiger partial charge in [-0.05, 0) is 52.7 Å². The van der Waals surface area contributed by atoms with E-state index in [2.05, 4.69) is 35.9 Å². The molecule has 0 aromatic rings. The molecule has 0 spiro atoms. The number of hydrogen-bond donors (Lipinski definition) is 1. The highest BCUT2D eigenvalue weighted by molar-refractivity contribution is 4.89. The second-order valence-corrected chi connectivity index (χ2v) is 6.12. The SMILES string of the molecule is CCNC(C)C(C)N1CCC(N2CCCCC2)C1. The highest BCUT2D eigenvalue weighted by Gasteiger charge is 2.31. The van der Waals surface area contributed by atoms with Crippen molar-refractivity contribution in [3.8, 4) is 0 Å². The van der Waals surface area contributed by atoms with Crippen molar-refractivity contribution in [1.29, 1.82) is 0 Å². The van der Waals surface area contributed by atoms with Gasteiger partial charge in [-0.2, -0.15) is 0 Å². The number of nitrogens with one attached hydrogen (secondary N) is 1. The predicted molar refractivity (Wildman–Crippen MR) is 78.0 cm³/mol. The lowest BCUT2D eigenvalue weighted by Gasteiger charge is -2.34. The summed E-state index contributed by atoms with van der Waals surface area (Å²) in [6, 6.07) is 2.11. The van der Waals surface area contributed by atoms with Crippen molar-refractivity contribution >= 4 is 0 Å². The molecule has 3 heteroatoms. The third-order valence-corrected chi connectivity index (χ3v) is 4.93. The molecule has 3 unspecified atom stereocenters. The Morgan fingerprint density at radius 3 is 2.50 bits per heavy atom. The van der Waals surface area contributed by atoms with E-state index in [9.17, 15) is 0 Å². The van der Waals surface area contributed by atoms with Gasteiger partial charge in [0, 0.05) is 31.2 Å². The van der Waals surface area contributed by atoms with Gasteiger partial charge in [0.05, 0.1) is 0 Å². The van der Waals surface area contributed by atoms with Crippen molar-refractivity contribution in [1.82, 2.24) is 15.1 Å². The van der Waals surface area contributed by atoms with Gasteiger partial charge in [0.25, 0.3) is 0 Å². The van der Waals surface area contributed by atoms with Crippen LogP contribution in [0.1, 0.15) is 46.5 Å². The zero-order valence-electron chi connectivity index (χ0n) is 12.5. The summed E-state index contributed by atoms with van der Waals surface area (Å²) >= 11 is 0. The van der Waals surface area contributed by atoms with Crippen LogP contribution in [0.25, 0.3) is 0 Å². The first-order chi connectivity index (χ1) is 8.72. The summed E-state index contributed by atoms with van der Waals surface area (Å²) in [5, 5.41) is 3.56. The maximum absolute atomic E-state index is 3.56. The van der Waals surface area contributed by atoms with Crippen LogP contribution >= 0.6 is 0 Å². The lowest BCUT2D eigenvalue weighted by molar-refractivity contribution is 0.147. The van der Waals surface area contributed by atoms with Crippen molar-refractivity contribution < 1.29 is 0 Å². The second-order valence-electron chi connectivity index (χ2n) is 6.12. The van der Waals surface area contributed by atoms with E-state index in [1.165, 1.54) is 51.9 Å². The fourth-order valence-electron chi connectivity index (χ4n) is 3.53.